The summed E-state index contributed by atoms with van der Waals surface area (Å²) in [5, 5.41) is 0.492. The van der Waals surface area contributed by atoms with Crippen LogP contribution in [0.5, 0.6) is 5.75 Å². The first-order valence-corrected chi connectivity index (χ1v) is 7.82. The van der Waals surface area contributed by atoms with Crippen LogP contribution in [0.25, 0.3) is 0 Å². The standard InChI is InChI=1S/C14H13ClFNO3S/c1-9-7-10(15)3-5-13(9)17-21(18,19)14-6-4-11(20-2)8-12(14)16/h3-8,17H,1-2H3. The van der Waals surface area contributed by atoms with Gasteiger partial charge in [-0.15, -0.1) is 0 Å². The van der Waals surface area contributed by atoms with Crippen LogP contribution >= 0.6 is 11.6 Å². The normalized spacial score (nSPS) is 11.2. The molecule has 0 atom stereocenters. The SMILES string of the molecule is COc1ccc(S(=O)(=O)Nc2ccc(Cl)cc2C)c(F)c1. The molecule has 1 N–H and O–H groups in total. The molecule has 0 aliphatic carbocycles. The van der Waals surface area contributed by atoms with Gasteiger partial charge >= 0.3 is 0 Å². The number of rotatable bonds is 4. The van der Waals surface area contributed by atoms with E-state index in [-0.39, 0.29) is 5.75 Å². The topological polar surface area (TPSA) is 55.4 Å². The van der Waals surface area contributed by atoms with E-state index in [1.54, 1.807) is 19.1 Å². The lowest BCUT2D eigenvalue weighted by Gasteiger charge is -2.12. The van der Waals surface area contributed by atoms with Crippen LogP contribution in [0.3, 0.4) is 0 Å². The molecule has 0 heterocycles. The van der Waals surface area contributed by atoms with Gasteiger partial charge < -0.3 is 4.74 Å². The Balaban J connectivity index is 2.38. The molecule has 0 saturated carbocycles. The smallest absolute Gasteiger partial charge is 0.264 e. The van der Waals surface area contributed by atoms with Gasteiger partial charge in [0.25, 0.3) is 10.0 Å². The lowest BCUT2D eigenvalue weighted by Crippen LogP contribution is -2.15. The van der Waals surface area contributed by atoms with Crippen molar-refractivity contribution in [1.29, 1.82) is 0 Å². The summed E-state index contributed by atoms with van der Waals surface area (Å²) >= 11 is 5.81. The molecule has 2 aromatic carbocycles. The molecule has 0 aliphatic heterocycles. The monoisotopic (exact) mass is 329 g/mol. The molecule has 0 unspecified atom stereocenters. The summed E-state index contributed by atoms with van der Waals surface area (Å²) in [5.74, 6) is -0.636. The molecule has 4 nitrogen and oxygen atoms in total. The molecule has 0 spiro atoms. The molecule has 2 aromatic rings. The molecule has 0 fully saturated rings. The van der Waals surface area contributed by atoms with Crippen LogP contribution in [-0.4, -0.2) is 15.5 Å². The molecule has 0 aliphatic rings. The number of hydrogen-bond acceptors (Lipinski definition) is 3. The fourth-order valence-corrected chi connectivity index (χ4v) is 3.19. The van der Waals surface area contributed by atoms with Crippen molar-refractivity contribution in [3.8, 4) is 5.75 Å². The van der Waals surface area contributed by atoms with E-state index in [0.717, 1.165) is 12.1 Å². The molecular formula is C14H13ClFNO3S. The van der Waals surface area contributed by atoms with Crippen molar-refractivity contribution < 1.29 is 17.5 Å². The summed E-state index contributed by atoms with van der Waals surface area (Å²) in [6.07, 6.45) is 0. The van der Waals surface area contributed by atoms with Crippen molar-refractivity contribution in [2.24, 2.45) is 0 Å². The van der Waals surface area contributed by atoms with E-state index in [1.165, 1.54) is 19.2 Å². The van der Waals surface area contributed by atoms with Gasteiger partial charge in [0.2, 0.25) is 0 Å². The Morgan fingerprint density at radius 1 is 1.19 bits per heavy atom. The number of sulfonamides is 1. The Bertz CT molecular complexity index is 778. The fraction of sp³-hybridized carbons (Fsp3) is 0.143. The molecule has 0 bridgehead atoms. The van der Waals surface area contributed by atoms with Gasteiger partial charge in [0.15, 0.2) is 0 Å². The van der Waals surface area contributed by atoms with Gasteiger partial charge in [-0.05, 0) is 42.8 Å². The van der Waals surface area contributed by atoms with Gasteiger partial charge in [0.1, 0.15) is 16.5 Å². The highest BCUT2D eigenvalue weighted by Crippen LogP contribution is 2.25. The Morgan fingerprint density at radius 2 is 1.90 bits per heavy atom. The van der Waals surface area contributed by atoms with E-state index < -0.39 is 20.7 Å². The van der Waals surface area contributed by atoms with Gasteiger partial charge in [-0.1, -0.05) is 11.6 Å². The van der Waals surface area contributed by atoms with Gasteiger partial charge in [0.05, 0.1) is 12.8 Å². The van der Waals surface area contributed by atoms with E-state index in [2.05, 4.69) is 4.72 Å². The molecule has 0 aromatic heterocycles. The minimum atomic E-state index is -4.03. The second-order valence-corrected chi connectivity index (χ2v) is 6.45. The minimum Gasteiger partial charge on any atom is -0.497 e. The van der Waals surface area contributed by atoms with Gasteiger partial charge in [-0.25, -0.2) is 12.8 Å². The number of benzene rings is 2. The number of anilines is 1. The Morgan fingerprint density at radius 3 is 2.48 bits per heavy atom. The van der Waals surface area contributed by atoms with Crippen molar-refractivity contribution >= 4 is 27.3 Å². The third-order valence-corrected chi connectivity index (χ3v) is 4.50. The molecule has 0 radical (unpaired) electrons. The van der Waals surface area contributed by atoms with E-state index >= 15 is 0 Å². The average Bonchev–Trinajstić information content (AvgIpc) is 2.41. The zero-order chi connectivity index (χ0) is 15.6. The third-order valence-electron chi connectivity index (χ3n) is 2.86. The van der Waals surface area contributed by atoms with E-state index in [9.17, 15) is 12.8 Å². The highest BCUT2D eigenvalue weighted by atomic mass is 35.5. The maximum absolute atomic E-state index is 13.9. The Labute approximate surface area is 127 Å². The maximum Gasteiger partial charge on any atom is 0.264 e. The largest absolute Gasteiger partial charge is 0.497 e. The van der Waals surface area contributed by atoms with Crippen LogP contribution in [0.4, 0.5) is 10.1 Å². The fourth-order valence-electron chi connectivity index (χ4n) is 1.77. The summed E-state index contributed by atoms with van der Waals surface area (Å²) < 4.78 is 45.5. The third kappa shape index (κ3) is 3.46. The van der Waals surface area contributed by atoms with Crippen LogP contribution < -0.4 is 9.46 Å². The van der Waals surface area contributed by atoms with Crippen LogP contribution in [0.2, 0.25) is 5.02 Å². The highest BCUT2D eigenvalue weighted by molar-refractivity contribution is 7.92. The van der Waals surface area contributed by atoms with Crippen LogP contribution in [0.1, 0.15) is 5.56 Å². The zero-order valence-corrected chi connectivity index (χ0v) is 12.9. The summed E-state index contributed by atoms with van der Waals surface area (Å²) in [6, 6.07) is 8.24. The molecule has 112 valence electrons. The zero-order valence-electron chi connectivity index (χ0n) is 11.4. The first-order valence-electron chi connectivity index (χ1n) is 5.96. The number of hydrogen-bond donors (Lipinski definition) is 1. The van der Waals surface area contributed by atoms with Gasteiger partial charge in [-0.3, -0.25) is 4.72 Å². The van der Waals surface area contributed by atoms with Crippen LogP contribution in [0, 0.1) is 12.7 Å². The maximum atomic E-state index is 13.9. The Kier molecular flexibility index (Phi) is 4.39. The lowest BCUT2D eigenvalue weighted by atomic mass is 10.2. The second kappa shape index (κ2) is 5.91. The summed E-state index contributed by atoms with van der Waals surface area (Å²) in [4.78, 5) is -0.447. The number of aryl methyl sites for hydroxylation is 1. The van der Waals surface area contributed by atoms with Crippen molar-refractivity contribution in [3.63, 3.8) is 0 Å². The van der Waals surface area contributed by atoms with Crippen molar-refractivity contribution in [2.45, 2.75) is 11.8 Å². The van der Waals surface area contributed by atoms with E-state index in [0.29, 0.717) is 16.3 Å². The van der Waals surface area contributed by atoms with Gasteiger partial charge in [-0.2, -0.15) is 0 Å². The summed E-state index contributed by atoms with van der Waals surface area (Å²) in [5.41, 5.74) is 0.981. The first-order chi connectivity index (χ1) is 9.83. The summed E-state index contributed by atoms with van der Waals surface area (Å²) in [6.45, 7) is 1.70. The van der Waals surface area contributed by atoms with Gasteiger partial charge in [0, 0.05) is 11.1 Å². The number of methoxy groups -OCH3 is 1. The molecule has 21 heavy (non-hydrogen) atoms. The lowest BCUT2D eigenvalue weighted by molar-refractivity contribution is 0.410. The quantitative estimate of drug-likeness (QED) is 0.932. The second-order valence-electron chi connectivity index (χ2n) is 4.36. The molecular weight excluding hydrogens is 317 g/mol. The highest BCUT2D eigenvalue weighted by Gasteiger charge is 2.20. The van der Waals surface area contributed by atoms with Crippen molar-refractivity contribution in [2.75, 3.05) is 11.8 Å². The molecule has 7 heteroatoms. The molecule has 2 rings (SSSR count). The van der Waals surface area contributed by atoms with Crippen LogP contribution in [-0.2, 0) is 10.0 Å². The predicted octanol–water partition coefficient (Wildman–Crippen LogP) is 3.60. The minimum absolute atomic E-state index is 0.245. The predicted molar refractivity (Wildman–Crippen MR) is 79.9 cm³/mol. The Hall–Kier alpha value is -1.79. The molecule has 0 saturated heterocycles. The molecule has 0 amide bonds. The summed E-state index contributed by atoms with van der Waals surface area (Å²) in [7, 11) is -2.65. The average molecular weight is 330 g/mol. The number of ether oxygens (including phenoxy) is 1. The first kappa shape index (κ1) is 15.6. The number of nitrogens with one attached hydrogen (secondary N) is 1. The van der Waals surface area contributed by atoms with E-state index in [1.807, 2.05) is 0 Å². The van der Waals surface area contributed by atoms with Crippen molar-refractivity contribution in [3.05, 3.63) is 52.8 Å². The number of halogens is 2. The van der Waals surface area contributed by atoms with E-state index in [4.69, 9.17) is 16.3 Å². The van der Waals surface area contributed by atoms with Crippen molar-refractivity contribution in [1.82, 2.24) is 0 Å². The van der Waals surface area contributed by atoms with Crippen LogP contribution in [0.15, 0.2) is 41.3 Å².